The van der Waals surface area contributed by atoms with Crippen molar-refractivity contribution >= 4 is 10.8 Å². The molecule has 0 bridgehead atoms. The first kappa shape index (κ1) is 29.1. The van der Waals surface area contributed by atoms with Crippen LogP contribution in [-0.2, 0) is 5.41 Å². The van der Waals surface area contributed by atoms with E-state index >= 15 is 0 Å². The molecule has 49 heavy (non-hydrogen) atoms. The highest BCUT2D eigenvalue weighted by atomic mass is 14.9. The van der Waals surface area contributed by atoms with E-state index < -0.39 is 0 Å². The fourth-order valence-corrected chi connectivity index (χ4v) is 7.68. The Bertz CT molecular complexity index is 2440. The molecule has 0 radical (unpaired) electrons. The minimum atomic E-state index is -0.140. The maximum atomic E-state index is 5.24. The highest BCUT2D eigenvalue weighted by Crippen LogP contribution is 2.55. The van der Waals surface area contributed by atoms with Crippen LogP contribution in [0.1, 0.15) is 25.0 Å². The van der Waals surface area contributed by atoms with Crippen LogP contribution in [0.25, 0.3) is 78.1 Å². The first-order chi connectivity index (χ1) is 24.0. The normalized spacial score (nSPS) is 12.9. The van der Waals surface area contributed by atoms with Crippen molar-refractivity contribution in [2.45, 2.75) is 19.3 Å². The molecule has 1 aromatic heterocycles. The fourth-order valence-electron chi connectivity index (χ4n) is 7.68. The van der Waals surface area contributed by atoms with Gasteiger partial charge in [-0.15, -0.1) is 0 Å². The van der Waals surface area contributed by atoms with Gasteiger partial charge in [-0.1, -0.05) is 153 Å². The molecule has 1 heterocycles. The van der Waals surface area contributed by atoms with Gasteiger partial charge in [0.05, 0.1) is 11.4 Å². The van der Waals surface area contributed by atoms with Gasteiger partial charge in [0.25, 0.3) is 0 Å². The summed E-state index contributed by atoms with van der Waals surface area (Å²) in [6.45, 7) is 4.74. The second kappa shape index (κ2) is 11.5. The molecule has 0 saturated carbocycles. The molecule has 1 aliphatic rings. The molecule has 0 fully saturated rings. The van der Waals surface area contributed by atoms with E-state index in [0.717, 1.165) is 44.8 Å². The van der Waals surface area contributed by atoms with Crippen molar-refractivity contribution in [3.05, 3.63) is 181 Å². The summed E-state index contributed by atoms with van der Waals surface area (Å²) in [6, 6.07) is 60.6. The molecule has 0 amide bonds. The molecule has 0 atom stereocenters. The van der Waals surface area contributed by atoms with Crippen LogP contribution < -0.4 is 0 Å². The SMILES string of the molecule is CC1(C)c2ccccc2-c2c(-c3cc(-c4ccccc4)cc(-c4nc(-c5ccccc5)cc(-c5ccccc5)n4)c3)cc3ccccc3c21. The molecule has 1 aliphatic carbocycles. The summed E-state index contributed by atoms with van der Waals surface area (Å²) in [7, 11) is 0. The van der Waals surface area contributed by atoms with Crippen molar-refractivity contribution in [2.24, 2.45) is 0 Å². The molecule has 0 unspecified atom stereocenters. The Morgan fingerprint density at radius 3 is 1.61 bits per heavy atom. The molecule has 2 heteroatoms. The van der Waals surface area contributed by atoms with Crippen LogP contribution in [0.2, 0.25) is 0 Å². The molecule has 8 aromatic rings. The molecule has 0 aliphatic heterocycles. The van der Waals surface area contributed by atoms with E-state index in [9.17, 15) is 0 Å². The monoisotopic (exact) mass is 626 g/mol. The summed E-state index contributed by atoms with van der Waals surface area (Å²) in [5, 5.41) is 2.56. The summed E-state index contributed by atoms with van der Waals surface area (Å²) in [5.41, 5.74) is 14.8. The number of benzene rings is 7. The fraction of sp³-hybridized carbons (Fsp3) is 0.0638. The maximum absolute atomic E-state index is 5.24. The first-order valence-electron chi connectivity index (χ1n) is 16.9. The number of rotatable bonds is 5. The van der Waals surface area contributed by atoms with Gasteiger partial charge in [-0.25, -0.2) is 9.97 Å². The lowest BCUT2D eigenvalue weighted by atomic mass is 9.79. The number of hydrogen-bond donors (Lipinski definition) is 0. The van der Waals surface area contributed by atoms with E-state index in [0.29, 0.717) is 5.82 Å². The molecule has 0 N–H and O–H groups in total. The number of fused-ring (bicyclic) bond motifs is 5. The van der Waals surface area contributed by atoms with Crippen molar-refractivity contribution in [2.75, 3.05) is 0 Å². The van der Waals surface area contributed by atoms with Gasteiger partial charge in [0, 0.05) is 22.1 Å². The Balaban J connectivity index is 1.34. The second-order valence-corrected chi connectivity index (χ2v) is 13.4. The number of nitrogens with zero attached hydrogens (tertiary/aromatic N) is 2. The lowest BCUT2D eigenvalue weighted by Crippen LogP contribution is -2.15. The molecule has 7 aromatic carbocycles. The van der Waals surface area contributed by atoms with Crippen LogP contribution in [0.5, 0.6) is 0 Å². The minimum Gasteiger partial charge on any atom is -0.228 e. The molecular weight excluding hydrogens is 593 g/mol. The quantitative estimate of drug-likeness (QED) is 0.190. The molecule has 2 nitrogen and oxygen atoms in total. The highest BCUT2D eigenvalue weighted by molar-refractivity contribution is 6.05. The van der Waals surface area contributed by atoms with Crippen molar-refractivity contribution in [1.29, 1.82) is 0 Å². The van der Waals surface area contributed by atoms with Crippen LogP contribution in [0.3, 0.4) is 0 Å². The standard InChI is InChI=1S/C47H34N2/c1-47(2)41-25-15-14-24-39(41)44-40(29-34-22-12-13-23-38(34)45(44)47)36-26-35(31-16-6-3-7-17-31)27-37(28-36)46-48-42(32-18-8-4-9-19-32)30-43(49-46)33-20-10-5-11-21-33/h3-30H,1-2H3. The third-order valence-electron chi connectivity index (χ3n) is 10.0. The summed E-state index contributed by atoms with van der Waals surface area (Å²) >= 11 is 0. The average Bonchev–Trinajstić information content (AvgIpc) is 3.42. The van der Waals surface area contributed by atoms with E-state index in [2.05, 4.69) is 172 Å². The predicted molar refractivity (Wildman–Crippen MR) is 204 cm³/mol. The van der Waals surface area contributed by atoms with Crippen molar-refractivity contribution in [3.8, 4) is 67.3 Å². The summed E-state index contributed by atoms with van der Waals surface area (Å²) < 4.78 is 0. The Morgan fingerprint density at radius 2 is 0.939 bits per heavy atom. The van der Waals surface area contributed by atoms with Gasteiger partial charge in [-0.2, -0.15) is 0 Å². The van der Waals surface area contributed by atoms with Crippen LogP contribution in [0.15, 0.2) is 170 Å². The summed E-state index contributed by atoms with van der Waals surface area (Å²) in [4.78, 5) is 10.5. The van der Waals surface area contributed by atoms with Gasteiger partial charge in [-0.05, 0) is 85.6 Å². The Hall–Kier alpha value is -6.12. The molecule has 232 valence electrons. The van der Waals surface area contributed by atoms with Crippen LogP contribution in [0, 0.1) is 0 Å². The van der Waals surface area contributed by atoms with Crippen LogP contribution >= 0.6 is 0 Å². The number of hydrogen-bond acceptors (Lipinski definition) is 2. The Kier molecular flexibility index (Phi) is 6.84. The second-order valence-electron chi connectivity index (χ2n) is 13.4. The van der Waals surface area contributed by atoms with E-state index in [4.69, 9.17) is 9.97 Å². The molecular formula is C47H34N2. The Morgan fingerprint density at radius 1 is 0.408 bits per heavy atom. The van der Waals surface area contributed by atoms with Gasteiger partial charge >= 0.3 is 0 Å². The largest absolute Gasteiger partial charge is 0.228 e. The first-order valence-corrected chi connectivity index (χ1v) is 16.9. The minimum absolute atomic E-state index is 0.140. The maximum Gasteiger partial charge on any atom is 0.160 e. The van der Waals surface area contributed by atoms with Crippen LogP contribution in [-0.4, -0.2) is 9.97 Å². The van der Waals surface area contributed by atoms with Gasteiger partial charge in [0.1, 0.15) is 0 Å². The van der Waals surface area contributed by atoms with E-state index in [1.807, 2.05) is 12.1 Å². The highest BCUT2D eigenvalue weighted by Gasteiger charge is 2.38. The lowest BCUT2D eigenvalue weighted by Gasteiger charge is -2.24. The van der Waals surface area contributed by atoms with E-state index in [-0.39, 0.29) is 5.41 Å². The zero-order chi connectivity index (χ0) is 33.0. The smallest absolute Gasteiger partial charge is 0.160 e. The zero-order valence-electron chi connectivity index (χ0n) is 27.6. The van der Waals surface area contributed by atoms with E-state index in [1.165, 1.54) is 38.6 Å². The van der Waals surface area contributed by atoms with Crippen molar-refractivity contribution < 1.29 is 0 Å². The van der Waals surface area contributed by atoms with Crippen LogP contribution in [0.4, 0.5) is 0 Å². The zero-order valence-corrected chi connectivity index (χ0v) is 27.6. The summed E-state index contributed by atoms with van der Waals surface area (Å²) in [6.07, 6.45) is 0. The molecule has 9 rings (SSSR count). The Labute approximate surface area is 287 Å². The van der Waals surface area contributed by atoms with Gasteiger partial charge in [0.15, 0.2) is 5.82 Å². The molecule has 0 spiro atoms. The third kappa shape index (κ3) is 4.96. The topological polar surface area (TPSA) is 25.8 Å². The van der Waals surface area contributed by atoms with Gasteiger partial charge in [0.2, 0.25) is 0 Å². The predicted octanol–water partition coefficient (Wildman–Crippen LogP) is 12.3. The third-order valence-corrected chi connectivity index (χ3v) is 10.0. The van der Waals surface area contributed by atoms with Gasteiger partial charge in [-0.3, -0.25) is 0 Å². The lowest BCUT2D eigenvalue weighted by molar-refractivity contribution is 0.666. The number of aromatic nitrogens is 2. The summed E-state index contributed by atoms with van der Waals surface area (Å²) in [5.74, 6) is 0.706. The van der Waals surface area contributed by atoms with Crippen molar-refractivity contribution in [3.63, 3.8) is 0 Å². The van der Waals surface area contributed by atoms with E-state index in [1.54, 1.807) is 0 Å². The van der Waals surface area contributed by atoms with Gasteiger partial charge < -0.3 is 0 Å². The van der Waals surface area contributed by atoms with Crippen molar-refractivity contribution in [1.82, 2.24) is 9.97 Å². The average molecular weight is 627 g/mol. The molecule has 0 saturated heterocycles.